The van der Waals surface area contributed by atoms with E-state index in [4.69, 9.17) is 23.2 Å². The first-order valence-corrected chi connectivity index (χ1v) is 7.19. The van der Waals surface area contributed by atoms with Crippen molar-refractivity contribution in [1.82, 2.24) is 10.3 Å². The highest BCUT2D eigenvalue weighted by Gasteiger charge is 2.10. The largest absolute Gasteiger partial charge is 0.312 e. The second-order valence-corrected chi connectivity index (χ2v) is 5.99. The van der Waals surface area contributed by atoms with Crippen molar-refractivity contribution in [2.45, 2.75) is 27.3 Å². The van der Waals surface area contributed by atoms with Gasteiger partial charge in [-0.3, -0.25) is 4.98 Å². The molecular weight excluding hydrogens is 279 g/mol. The lowest BCUT2D eigenvalue weighted by Crippen LogP contribution is -2.19. The number of hydrogen-bond donors (Lipinski definition) is 1. The van der Waals surface area contributed by atoms with Crippen LogP contribution in [-0.2, 0) is 6.54 Å². The van der Waals surface area contributed by atoms with Crippen molar-refractivity contribution in [3.63, 3.8) is 0 Å². The summed E-state index contributed by atoms with van der Waals surface area (Å²) in [5, 5.41) is 5.60. The molecule has 0 aliphatic heterocycles. The van der Waals surface area contributed by atoms with E-state index in [9.17, 15) is 0 Å². The van der Waals surface area contributed by atoms with Gasteiger partial charge in [-0.25, -0.2) is 0 Å². The van der Waals surface area contributed by atoms with Crippen LogP contribution in [0.1, 0.15) is 25.1 Å². The molecule has 2 rings (SSSR count). The molecule has 19 heavy (non-hydrogen) atoms. The van der Waals surface area contributed by atoms with Gasteiger partial charge in [0.25, 0.3) is 0 Å². The Balaban J connectivity index is 2.40. The second-order valence-electron chi connectivity index (χ2n) is 5.21. The highest BCUT2D eigenvalue weighted by Crippen LogP contribution is 2.31. The highest BCUT2D eigenvalue weighted by atomic mass is 35.5. The number of hydrogen-bond acceptors (Lipinski definition) is 2. The lowest BCUT2D eigenvalue weighted by molar-refractivity contribution is 0.553. The zero-order chi connectivity index (χ0) is 14.0. The highest BCUT2D eigenvalue weighted by molar-refractivity contribution is 6.45. The van der Waals surface area contributed by atoms with E-state index in [0.29, 0.717) is 16.0 Å². The van der Waals surface area contributed by atoms with Gasteiger partial charge in [0.2, 0.25) is 0 Å². The van der Waals surface area contributed by atoms with Gasteiger partial charge in [0, 0.05) is 17.6 Å². The summed E-state index contributed by atoms with van der Waals surface area (Å²) in [5.41, 5.74) is 2.95. The molecule has 0 saturated carbocycles. The van der Waals surface area contributed by atoms with Gasteiger partial charge < -0.3 is 5.32 Å². The average molecular weight is 297 g/mol. The normalized spacial score (nSPS) is 11.5. The third kappa shape index (κ3) is 3.38. The number of nitrogens with one attached hydrogen (secondary N) is 1. The maximum atomic E-state index is 6.24. The Bertz CT molecular complexity index is 594. The van der Waals surface area contributed by atoms with Gasteiger partial charge in [-0.2, -0.15) is 0 Å². The predicted octanol–water partition coefficient (Wildman–Crippen LogP) is 4.60. The molecule has 4 heteroatoms. The molecule has 0 aliphatic carbocycles. The fourth-order valence-corrected chi connectivity index (χ4v) is 2.45. The standard InChI is InChI=1S/C15H18Cl2N2/c1-9(2)7-18-8-11-6-10(3)19-15-12(11)4-5-13(16)14(15)17/h4-6,9,18H,7-8H2,1-3H3. The lowest BCUT2D eigenvalue weighted by atomic mass is 10.1. The van der Waals surface area contributed by atoms with E-state index in [0.717, 1.165) is 29.7 Å². The number of rotatable bonds is 4. The van der Waals surface area contributed by atoms with Gasteiger partial charge in [-0.05, 0) is 37.1 Å². The topological polar surface area (TPSA) is 24.9 Å². The van der Waals surface area contributed by atoms with Crippen LogP contribution in [-0.4, -0.2) is 11.5 Å². The maximum Gasteiger partial charge on any atom is 0.0909 e. The molecule has 102 valence electrons. The second kappa shape index (κ2) is 6.08. The minimum Gasteiger partial charge on any atom is -0.312 e. The molecule has 0 bridgehead atoms. The average Bonchev–Trinajstić information content (AvgIpc) is 2.34. The molecule has 0 fully saturated rings. The van der Waals surface area contributed by atoms with Crippen LogP contribution in [0.3, 0.4) is 0 Å². The van der Waals surface area contributed by atoms with Crippen molar-refractivity contribution in [2.24, 2.45) is 5.92 Å². The molecule has 1 N–H and O–H groups in total. The van der Waals surface area contributed by atoms with Crippen LogP contribution in [0.15, 0.2) is 18.2 Å². The molecule has 1 aromatic heterocycles. The SMILES string of the molecule is Cc1cc(CNCC(C)C)c2ccc(Cl)c(Cl)c2n1. The van der Waals surface area contributed by atoms with Crippen molar-refractivity contribution in [3.05, 3.63) is 39.5 Å². The van der Waals surface area contributed by atoms with Crippen molar-refractivity contribution in [2.75, 3.05) is 6.54 Å². The summed E-state index contributed by atoms with van der Waals surface area (Å²) >= 11 is 12.3. The Morgan fingerprint density at radius 1 is 1.26 bits per heavy atom. The van der Waals surface area contributed by atoms with E-state index in [1.807, 2.05) is 19.1 Å². The van der Waals surface area contributed by atoms with Gasteiger partial charge >= 0.3 is 0 Å². The fourth-order valence-electron chi connectivity index (χ4n) is 2.09. The third-order valence-corrected chi connectivity index (χ3v) is 3.75. The zero-order valence-corrected chi connectivity index (χ0v) is 12.9. The Morgan fingerprint density at radius 2 is 2.00 bits per heavy atom. The van der Waals surface area contributed by atoms with Crippen molar-refractivity contribution >= 4 is 34.1 Å². The number of aryl methyl sites for hydroxylation is 1. The van der Waals surface area contributed by atoms with Crippen molar-refractivity contribution < 1.29 is 0 Å². The molecule has 1 aromatic carbocycles. The number of halogens is 2. The van der Waals surface area contributed by atoms with Gasteiger partial charge in [0.05, 0.1) is 15.6 Å². The molecule has 2 nitrogen and oxygen atoms in total. The van der Waals surface area contributed by atoms with E-state index in [-0.39, 0.29) is 0 Å². The summed E-state index contributed by atoms with van der Waals surface area (Å²) < 4.78 is 0. The van der Waals surface area contributed by atoms with Crippen LogP contribution in [0, 0.1) is 12.8 Å². The third-order valence-electron chi connectivity index (χ3n) is 2.95. The first-order chi connectivity index (χ1) is 8.99. The van der Waals surface area contributed by atoms with Crippen LogP contribution in [0.25, 0.3) is 10.9 Å². The minimum absolute atomic E-state index is 0.535. The van der Waals surface area contributed by atoms with Crippen molar-refractivity contribution in [3.8, 4) is 0 Å². The summed E-state index contributed by atoms with van der Waals surface area (Å²) in [5.74, 6) is 0.632. The van der Waals surface area contributed by atoms with E-state index >= 15 is 0 Å². The molecule has 0 saturated heterocycles. The van der Waals surface area contributed by atoms with E-state index < -0.39 is 0 Å². The Morgan fingerprint density at radius 3 is 2.68 bits per heavy atom. The molecule has 0 spiro atoms. The van der Waals surface area contributed by atoms with Gasteiger partial charge in [0.15, 0.2) is 0 Å². The van der Waals surface area contributed by atoms with Crippen LogP contribution < -0.4 is 5.32 Å². The van der Waals surface area contributed by atoms with Crippen LogP contribution >= 0.6 is 23.2 Å². The van der Waals surface area contributed by atoms with Crippen molar-refractivity contribution in [1.29, 1.82) is 0 Å². The molecular formula is C15H18Cl2N2. The van der Waals surface area contributed by atoms with E-state index in [1.165, 1.54) is 5.56 Å². The smallest absolute Gasteiger partial charge is 0.0909 e. The quantitative estimate of drug-likeness (QED) is 0.892. The fraction of sp³-hybridized carbons (Fsp3) is 0.400. The Hall–Kier alpha value is -0.830. The number of nitrogens with zero attached hydrogens (tertiary/aromatic N) is 1. The number of pyridine rings is 1. The van der Waals surface area contributed by atoms with Crippen LogP contribution in [0.4, 0.5) is 0 Å². The molecule has 1 heterocycles. The number of benzene rings is 1. The molecule has 0 amide bonds. The molecule has 0 atom stereocenters. The number of fused-ring (bicyclic) bond motifs is 1. The first-order valence-electron chi connectivity index (χ1n) is 6.44. The van der Waals surface area contributed by atoms with Crippen LogP contribution in [0.2, 0.25) is 10.0 Å². The molecule has 0 radical (unpaired) electrons. The Labute approximate surface area is 124 Å². The summed E-state index contributed by atoms with van der Waals surface area (Å²) in [4.78, 5) is 4.50. The molecule has 0 aliphatic rings. The zero-order valence-electron chi connectivity index (χ0n) is 11.4. The molecule has 0 unspecified atom stereocenters. The van der Waals surface area contributed by atoms with E-state index in [2.05, 4.69) is 30.2 Å². The van der Waals surface area contributed by atoms with E-state index in [1.54, 1.807) is 0 Å². The first kappa shape index (κ1) is 14.6. The summed E-state index contributed by atoms with van der Waals surface area (Å²) in [6, 6.07) is 5.91. The summed E-state index contributed by atoms with van der Waals surface area (Å²) in [6.07, 6.45) is 0. The summed E-state index contributed by atoms with van der Waals surface area (Å²) in [6.45, 7) is 8.17. The summed E-state index contributed by atoms with van der Waals surface area (Å²) in [7, 11) is 0. The maximum absolute atomic E-state index is 6.24. The monoisotopic (exact) mass is 296 g/mol. The minimum atomic E-state index is 0.535. The van der Waals surface area contributed by atoms with Gasteiger partial charge in [0.1, 0.15) is 0 Å². The van der Waals surface area contributed by atoms with Gasteiger partial charge in [-0.15, -0.1) is 0 Å². The van der Waals surface area contributed by atoms with Crippen LogP contribution in [0.5, 0.6) is 0 Å². The molecule has 2 aromatic rings. The van der Waals surface area contributed by atoms with Gasteiger partial charge in [-0.1, -0.05) is 43.1 Å². The Kier molecular flexibility index (Phi) is 4.67. The lowest BCUT2D eigenvalue weighted by Gasteiger charge is -2.12. The predicted molar refractivity (Wildman–Crippen MR) is 83.0 cm³/mol. The number of aromatic nitrogens is 1.